The molecule has 18 heavy (non-hydrogen) atoms. The van der Waals surface area contributed by atoms with Crippen molar-refractivity contribution < 1.29 is 0 Å². The summed E-state index contributed by atoms with van der Waals surface area (Å²) in [5.74, 6) is 0. The minimum absolute atomic E-state index is 0.171. The van der Waals surface area contributed by atoms with Crippen LogP contribution in [-0.2, 0) is 6.54 Å². The van der Waals surface area contributed by atoms with Gasteiger partial charge in [0.1, 0.15) is 0 Å². The van der Waals surface area contributed by atoms with Crippen molar-refractivity contribution >= 4 is 5.65 Å². The first-order valence-electron chi connectivity index (χ1n) is 5.50. The first kappa shape index (κ1) is 10.7. The Labute approximate surface area is 102 Å². The van der Waals surface area contributed by atoms with Crippen LogP contribution in [0, 0.1) is 0 Å². The maximum atomic E-state index is 11.8. The lowest BCUT2D eigenvalue weighted by Crippen LogP contribution is -2.16. The van der Waals surface area contributed by atoms with Gasteiger partial charge in [-0.3, -0.25) is 14.9 Å². The Balaban J connectivity index is 2.23. The van der Waals surface area contributed by atoms with E-state index in [0.717, 1.165) is 11.3 Å². The number of hydrogen-bond acceptors (Lipinski definition) is 4. The van der Waals surface area contributed by atoms with Crippen LogP contribution in [0.25, 0.3) is 16.9 Å². The van der Waals surface area contributed by atoms with E-state index in [1.54, 1.807) is 18.5 Å². The minimum Gasteiger partial charge on any atom is -0.325 e. The lowest BCUT2D eigenvalue weighted by Gasteiger charge is -1.96. The second kappa shape index (κ2) is 4.08. The second-order valence-electron chi connectivity index (χ2n) is 3.89. The third-order valence-electron chi connectivity index (χ3n) is 2.69. The molecule has 3 N–H and O–H groups in total. The lowest BCUT2D eigenvalue weighted by atomic mass is 10.2. The predicted molar refractivity (Wildman–Crippen MR) is 66.9 cm³/mol. The van der Waals surface area contributed by atoms with Crippen LogP contribution >= 0.6 is 0 Å². The number of nitrogens with one attached hydrogen (secondary N) is 1. The van der Waals surface area contributed by atoms with E-state index in [2.05, 4.69) is 15.1 Å². The largest absolute Gasteiger partial charge is 0.325 e. The van der Waals surface area contributed by atoms with Crippen molar-refractivity contribution in [1.29, 1.82) is 0 Å². The molecule has 0 amide bonds. The summed E-state index contributed by atoms with van der Waals surface area (Å²) in [4.78, 5) is 20.2. The van der Waals surface area contributed by atoms with Crippen LogP contribution in [0.2, 0.25) is 0 Å². The van der Waals surface area contributed by atoms with Crippen LogP contribution in [-0.4, -0.2) is 19.6 Å². The number of rotatable bonds is 2. The van der Waals surface area contributed by atoms with Crippen molar-refractivity contribution in [2.45, 2.75) is 6.54 Å². The third-order valence-corrected chi connectivity index (χ3v) is 2.69. The van der Waals surface area contributed by atoms with E-state index in [4.69, 9.17) is 5.73 Å². The van der Waals surface area contributed by atoms with E-state index in [9.17, 15) is 4.79 Å². The van der Waals surface area contributed by atoms with Gasteiger partial charge < -0.3 is 5.73 Å². The van der Waals surface area contributed by atoms with Crippen molar-refractivity contribution in [3.05, 3.63) is 52.7 Å². The summed E-state index contributed by atoms with van der Waals surface area (Å²) in [5, 5.41) is 2.99. The van der Waals surface area contributed by atoms with Crippen molar-refractivity contribution in [2.75, 3.05) is 0 Å². The van der Waals surface area contributed by atoms with Crippen LogP contribution in [0.5, 0.6) is 0 Å². The SMILES string of the molecule is NCc1cc(=O)n2[nH]c(-c3cccnc3)cc2n1. The summed E-state index contributed by atoms with van der Waals surface area (Å²) in [6.45, 7) is 0.249. The van der Waals surface area contributed by atoms with Gasteiger partial charge in [-0.05, 0) is 12.1 Å². The van der Waals surface area contributed by atoms with Crippen LogP contribution in [0.1, 0.15) is 5.69 Å². The molecule has 0 aromatic carbocycles. The summed E-state index contributed by atoms with van der Waals surface area (Å²) in [5.41, 5.74) is 8.16. The van der Waals surface area contributed by atoms with Crippen molar-refractivity contribution in [3.8, 4) is 11.3 Å². The monoisotopic (exact) mass is 241 g/mol. The molecule has 0 aliphatic carbocycles. The van der Waals surface area contributed by atoms with Gasteiger partial charge in [-0.1, -0.05) is 0 Å². The quantitative estimate of drug-likeness (QED) is 0.685. The highest BCUT2D eigenvalue weighted by atomic mass is 16.1. The number of H-pyrrole nitrogens is 1. The normalized spacial score (nSPS) is 10.9. The summed E-state index contributed by atoms with van der Waals surface area (Å²) in [7, 11) is 0. The van der Waals surface area contributed by atoms with Crippen LogP contribution < -0.4 is 11.3 Å². The van der Waals surface area contributed by atoms with E-state index in [1.807, 2.05) is 12.1 Å². The Kier molecular flexibility index (Phi) is 2.42. The standard InChI is InChI=1S/C12H11N5O/c13-6-9-4-12(18)17-11(15-9)5-10(16-17)8-2-1-3-14-7-8/h1-5,7,16H,6,13H2. The molecule has 0 aliphatic heterocycles. The number of hydrogen-bond donors (Lipinski definition) is 2. The molecule has 90 valence electrons. The van der Waals surface area contributed by atoms with Gasteiger partial charge in [0.2, 0.25) is 0 Å². The Hall–Kier alpha value is -2.47. The molecule has 3 heterocycles. The predicted octanol–water partition coefficient (Wildman–Crippen LogP) is 0.543. The Morgan fingerprint density at radius 3 is 3.00 bits per heavy atom. The van der Waals surface area contributed by atoms with Gasteiger partial charge in [-0.15, -0.1) is 0 Å². The summed E-state index contributed by atoms with van der Waals surface area (Å²) < 4.78 is 1.39. The molecule has 0 aliphatic rings. The Bertz CT molecular complexity index is 744. The second-order valence-corrected chi connectivity index (χ2v) is 3.89. The van der Waals surface area contributed by atoms with E-state index in [0.29, 0.717) is 11.3 Å². The van der Waals surface area contributed by atoms with Crippen LogP contribution in [0.4, 0.5) is 0 Å². The molecule has 6 heteroatoms. The summed E-state index contributed by atoms with van der Waals surface area (Å²) in [6, 6.07) is 6.98. The lowest BCUT2D eigenvalue weighted by molar-refractivity contribution is 0.872. The van der Waals surface area contributed by atoms with Gasteiger partial charge in [0, 0.05) is 36.6 Å². The van der Waals surface area contributed by atoms with E-state index < -0.39 is 0 Å². The molecule has 0 bridgehead atoms. The number of nitrogens with two attached hydrogens (primary N) is 1. The fourth-order valence-corrected chi connectivity index (χ4v) is 1.81. The van der Waals surface area contributed by atoms with Gasteiger partial charge >= 0.3 is 0 Å². The number of aromatic amines is 1. The number of pyridine rings is 1. The highest BCUT2D eigenvalue weighted by molar-refractivity contribution is 5.62. The smallest absolute Gasteiger partial charge is 0.272 e. The van der Waals surface area contributed by atoms with E-state index in [1.165, 1.54) is 10.6 Å². The molecule has 0 saturated carbocycles. The van der Waals surface area contributed by atoms with E-state index >= 15 is 0 Å². The van der Waals surface area contributed by atoms with Gasteiger partial charge in [-0.2, -0.15) is 0 Å². The van der Waals surface area contributed by atoms with Gasteiger partial charge in [-0.25, -0.2) is 9.50 Å². The van der Waals surface area contributed by atoms with Crippen molar-refractivity contribution in [2.24, 2.45) is 5.73 Å². The van der Waals surface area contributed by atoms with Crippen LogP contribution in [0.15, 0.2) is 41.5 Å². The zero-order chi connectivity index (χ0) is 12.5. The number of aromatic nitrogens is 4. The van der Waals surface area contributed by atoms with Crippen molar-refractivity contribution in [1.82, 2.24) is 19.6 Å². The van der Waals surface area contributed by atoms with E-state index in [-0.39, 0.29) is 12.1 Å². The molecule has 3 aromatic heterocycles. The fourth-order valence-electron chi connectivity index (χ4n) is 1.81. The topological polar surface area (TPSA) is 89.1 Å². The molecule has 0 unspecified atom stereocenters. The Morgan fingerprint density at radius 1 is 1.39 bits per heavy atom. The highest BCUT2D eigenvalue weighted by Crippen LogP contribution is 2.16. The first-order chi connectivity index (χ1) is 8.78. The molecule has 0 spiro atoms. The average molecular weight is 241 g/mol. The molecule has 0 radical (unpaired) electrons. The molecule has 3 rings (SSSR count). The number of nitrogens with zero attached hydrogens (tertiary/aromatic N) is 3. The maximum absolute atomic E-state index is 11.8. The molecular formula is C12H11N5O. The Morgan fingerprint density at radius 2 is 2.28 bits per heavy atom. The van der Waals surface area contributed by atoms with Crippen molar-refractivity contribution in [3.63, 3.8) is 0 Å². The molecule has 6 nitrogen and oxygen atoms in total. The summed E-state index contributed by atoms with van der Waals surface area (Å²) in [6.07, 6.45) is 3.42. The minimum atomic E-state index is -0.171. The molecule has 0 saturated heterocycles. The number of fused-ring (bicyclic) bond motifs is 1. The maximum Gasteiger partial charge on any atom is 0.272 e. The molecular weight excluding hydrogens is 230 g/mol. The third kappa shape index (κ3) is 1.68. The van der Waals surface area contributed by atoms with Crippen LogP contribution in [0.3, 0.4) is 0 Å². The highest BCUT2D eigenvalue weighted by Gasteiger charge is 2.07. The van der Waals surface area contributed by atoms with Gasteiger partial charge in [0.05, 0.1) is 11.4 Å². The van der Waals surface area contributed by atoms with Gasteiger partial charge in [0.25, 0.3) is 5.56 Å². The molecule has 0 atom stereocenters. The first-order valence-corrected chi connectivity index (χ1v) is 5.50. The zero-order valence-corrected chi connectivity index (χ0v) is 9.50. The summed E-state index contributed by atoms with van der Waals surface area (Å²) >= 11 is 0. The molecule has 3 aromatic rings. The zero-order valence-electron chi connectivity index (χ0n) is 9.50. The fraction of sp³-hybridized carbons (Fsp3) is 0.0833. The molecule has 0 fully saturated rings. The average Bonchev–Trinajstić information content (AvgIpc) is 2.84. The van der Waals surface area contributed by atoms with Gasteiger partial charge in [0.15, 0.2) is 5.65 Å².